The number of carbonyl (C=O) groups excluding carboxylic acids is 2. The molecular formula is C9H14BrNO2. The predicted molar refractivity (Wildman–Crippen MR) is 53.5 cm³/mol. The second kappa shape index (κ2) is 4.22. The lowest BCUT2D eigenvalue weighted by Gasteiger charge is -2.15. The van der Waals surface area contributed by atoms with E-state index in [2.05, 4.69) is 29.8 Å². The van der Waals surface area contributed by atoms with E-state index in [4.69, 9.17) is 0 Å². The van der Waals surface area contributed by atoms with E-state index in [1.165, 1.54) is 4.90 Å². The first kappa shape index (κ1) is 10.7. The molecule has 13 heavy (non-hydrogen) atoms. The monoisotopic (exact) mass is 247 g/mol. The van der Waals surface area contributed by atoms with Crippen molar-refractivity contribution in [3.8, 4) is 0 Å². The van der Waals surface area contributed by atoms with Crippen molar-refractivity contribution >= 4 is 27.7 Å². The van der Waals surface area contributed by atoms with Crippen LogP contribution in [0.25, 0.3) is 0 Å². The number of imide groups is 1. The van der Waals surface area contributed by atoms with Gasteiger partial charge in [-0.15, -0.1) is 0 Å². The molecule has 0 spiro atoms. The highest BCUT2D eigenvalue weighted by atomic mass is 79.9. The lowest BCUT2D eigenvalue weighted by Crippen LogP contribution is -2.33. The molecule has 4 heteroatoms. The van der Waals surface area contributed by atoms with Crippen molar-refractivity contribution < 1.29 is 9.59 Å². The number of hydrogen-bond donors (Lipinski definition) is 0. The molecular weight excluding hydrogens is 234 g/mol. The number of carbonyl (C=O) groups is 2. The van der Waals surface area contributed by atoms with Crippen molar-refractivity contribution in [2.24, 2.45) is 11.8 Å². The van der Waals surface area contributed by atoms with Crippen LogP contribution >= 0.6 is 15.9 Å². The van der Waals surface area contributed by atoms with Gasteiger partial charge in [0.1, 0.15) is 0 Å². The molecule has 1 atom stereocenters. The van der Waals surface area contributed by atoms with Gasteiger partial charge in [-0.2, -0.15) is 0 Å². The van der Waals surface area contributed by atoms with E-state index in [1.54, 1.807) is 0 Å². The van der Waals surface area contributed by atoms with Crippen LogP contribution in [-0.4, -0.2) is 28.6 Å². The Kier molecular flexibility index (Phi) is 3.47. The molecule has 1 aliphatic heterocycles. The summed E-state index contributed by atoms with van der Waals surface area (Å²) < 4.78 is 0. The first-order chi connectivity index (χ1) is 6.06. The normalized spacial score (nSPS) is 22.9. The smallest absolute Gasteiger partial charge is 0.239 e. The summed E-state index contributed by atoms with van der Waals surface area (Å²) in [6.07, 6.45) is 0.524. The van der Waals surface area contributed by atoms with E-state index in [1.807, 2.05) is 0 Å². The summed E-state index contributed by atoms with van der Waals surface area (Å²) in [5.74, 6) is 0.670. The van der Waals surface area contributed by atoms with E-state index in [-0.39, 0.29) is 17.1 Å². The second-order valence-electron chi connectivity index (χ2n) is 3.74. The van der Waals surface area contributed by atoms with Gasteiger partial charge in [0.15, 0.2) is 0 Å². The zero-order valence-corrected chi connectivity index (χ0v) is 9.50. The molecule has 0 aromatic heterocycles. The van der Waals surface area contributed by atoms with Crippen LogP contribution in [-0.2, 0) is 9.59 Å². The molecule has 1 rings (SSSR count). The van der Waals surface area contributed by atoms with Gasteiger partial charge in [-0.25, -0.2) is 0 Å². The summed E-state index contributed by atoms with van der Waals surface area (Å²) in [7, 11) is 0. The van der Waals surface area contributed by atoms with Gasteiger partial charge in [0, 0.05) is 13.0 Å². The molecule has 0 aromatic carbocycles. The SMILES string of the molecule is CC(C)[C@H]1CC(=O)N(C(=O)CBr)C1. The van der Waals surface area contributed by atoms with Gasteiger partial charge < -0.3 is 0 Å². The maximum Gasteiger partial charge on any atom is 0.239 e. The quantitative estimate of drug-likeness (QED) is 0.693. The first-order valence-electron chi connectivity index (χ1n) is 4.45. The number of amides is 2. The first-order valence-corrected chi connectivity index (χ1v) is 5.57. The fourth-order valence-electron chi connectivity index (χ4n) is 1.49. The van der Waals surface area contributed by atoms with E-state index in [0.717, 1.165) is 0 Å². The largest absolute Gasteiger partial charge is 0.282 e. The number of rotatable bonds is 2. The minimum absolute atomic E-state index is 0.0249. The molecule has 0 saturated carbocycles. The van der Waals surface area contributed by atoms with Crippen LogP contribution in [0.4, 0.5) is 0 Å². The molecule has 0 radical (unpaired) electrons. The molecule has 1 aliphatic rings. The van der Waals surface area contributed by atoms with Gasteiger partial charge in [-0.05, 0) is 11.8 Å². The van der Waals surface area contributed by atoms with Crippen LogP contribution in [0.15, 0.2) is 0 Å². The van der Waals surface area contributed by atoms with Gasteiger partial charge >= 0.3 is 0 Å². The summed E-state index contributed by atoms with van der Waals surface area (Å²) >= 11 is 3.07. The Morgan fingerprint density at radius 3 is 2.69 bits per heavy atom. The average molecular weight is 248 g/mol. The Morgan fingerprint density at radius 1 is 1.69 bits per heavy atom. The van der Waals surface area contributed by atoms with Crippen molar-refractivity contribution in [2.45, 2.75) is 20.3 Å². The van der Waals surface area contributed by atoms with E-state index < -0.39 is 0 Å². The highest BCUT2D eigenvalue weighted by molar-refractivity contribution is 9.09. The lowest BCUT2D eigenvalue weighted by atomic mass is 9.95. The van der Waals surface area contributed by atoms with Gasteiger partial charge in [-0.1, -0.05) is 29.8 Å². The average Bonchev–Trinajstić information content (AvgIpc) is 2.46. The fraction of sp³-hybridized carbons (Fsp3) is 0.778. The fourth-order valence-corrected chi connectivity index (χ4v) is 1.80. The minimum Gasteiger partial charge on any atom is -0.282 e. The van der Waals surface area contributed by atoms with E-state index >= 15 is 0 Å². The maximum atomic E-state index is 11.4. The van der Waals surface area contributed by atoms with Crippen molar-refractivity contribution in [3.63, 3.8) is 0 Å². The Morgan fingerprint density at radius 2 is 2.31 bits per heavy atom. The number of nitrogens with zero attached hydrogens (tertiary/aromatic N) is 1. The van der Waals surface area contributed by atoms with Gasteiger partial charge in [0.25, 0.3) is 0 Å². The molecule has 0 N–H and O–H groups in total. The van der Waals surface area contributed by atoms with Crippen LogP contribution in [0.5, 0.6) is 0 Å². The van der Waals surface area contributed by atoms with Crippen LogP contribution in [0, 0.1) is 11.8 Å². The van der Waals surface area contributed by atoms with Gasteiger partial charge in [-0.3, -0.25) is 14.5 Å². The third kappa shape index (κ3) is 2.30. The number of hydrogen-bond acceptors (Lipinski definition) is 2. The molecule has 0 bridgehead atoms. The Labute approximate surface area is 86.6 Å². The summed E-state index contributed by atoms with van der Waals surface area (Å²) in [4.78, 5) is 24.0. The number of halogens is 1. The third-order valence-electron chi connectivity index (χ3n) is 2.51. The van der Waals surface area contributed by atoms with Crippen LogP contribution in [0.2, 0.25) is 0 Å². The highest BCUT2D eigenvalue weighted by Gasteiger charge is 2.34. The standard InChI is InChI=1S/C9H14BrNO2/c1-6(2)7-3-8(12)11(5-7)9(13)4-10/h6-7H,3-5H2,1-2H3/t7-/m0/s1. The minimum atomic E-state index is -0.117. The summed E-state index contributed by atoms with van der Waals surface area (Å²) in [5, 5.41) is 0.240. The summed E-state index contributed by atoms with van der Waals surface area (Å²) in [6.45, 7) is 4.76. The van der Waals surface area contributed by atoms with Crippen molar-refractivity contribution in [3.05, 3.63) is 0 Å². The second-order valence-corrected chi connectivity index (χ2v) is 4.30. The summed E-state index contributed by atoms with van der Waals surface area (Å²) in [5.41, 5.74) is 0. The van der Waals surface area contributed by atoms with Crippen LogP contribution < -0.4 is 0 Å². The van der Waals surface area contributed by atoms with E-state index in [0.29, 0.717) is 24.8 Å². The van der Waals surface area contributed by atoms with Crippen molar-refractivity contribution in [1.29, 1.82) is 0 Å². The molecule has 74 valence electrons. The maximum absolute atomic E-state index is 11.4. The zero-order chi connectivity index (χ0) is 10.0. The molecule has 1 saturated heterocycles. The Balaban J connectivity index is 2.61. The Hall–Kier alpha value is -0.380. The number of likely N-dealkylation sites (tertiary alicyclic amines) is 1. The third-order valence-corrected chi connectivity index (χ3v) is 2.99. The van der Waals surface area contributed by atoms with Gasteiger partial charge in [0.05, 0.1) is 5.33 Å². The zero-order valence-electron chi connectivity index (χ0n) is 7.92. The van der Waals surface area contributed by atoms with Crippen LogP contribution in [0.3, 0.4) is 0 Å². The van der Waals surface area contributed by atoms with E-state index in [9.17, 15) is 9.59 Å². The summed E-state index contributed by atoms with van der Waals surface area (Å²) in [6, 6.07) is 0. The Bertz CT molecular complexity index is 228. The predicted octanol–water partition coefficient (Wildman–Crippen LogP) is 1.41. The van der Waals surface area contributed by atoms with Crippen molar-refractivity contribution in [1.82, 2.24) is 4.90 Å². The molecule has 0 aromatic rings. The molecule has 1 fully saturated rings. The van der Waals surface area contributed by atoms with Crippen LogP contribution in [0.1, 0.15) is 20.3 Å². The number of alkyl halides is 1. The highest BCUT2D eigenvalue weighted by Crippen LogP contribution is 2.24. The van der Waals surface area contributed by atoms with Crippen molar-refractivity contribution in [2.75, 3.05) is 11.9 Å². The molecule has 0 aliphatic carbocycles. The van der Waals surface area contributed by atoms with Gasteiger partial charge in [0.2, 0.25) is 11.8 Å². The molecule has 3 nitrogen and oxygen atoms in total. The topological polar surface area (TPSA) is 37.4 Å². The molecule has 2 amide bonds. The molecule has 1 heterocycles. The lowest BCUT2D eigenvalue weighted by molar-refractivity contribution is -0.139. The molecule has 0 unspecified atom stereocenters.